The predicted octanol–water partition coefficient (Wildman–Crippen LogP) is 4.50. The molecule has 1 aromatic rings. The van der Waals surface area contributed by atoms with Crippen LogP contribution in [-0.2, 0) is 0 Å². The molecule has 1 aromatic carbocycles. The lowest BCUT2D eigenvalue weighted by Crippen LogP contribution is -2.22. The van der Waals surface area contributed by atoms with Gasteiger partial charge in [-0.05, 0) is 24.8 Å². The van der Waals surface area contributed by atoms with Crippen molar-refractivity contribution < 1.29 is 4.92 Å². The number of rotatable bonds is 3. The summed E-state index contributed by atoms with van der Waals surface area (Å²) in [6.07, 6.45) is 3.32. The number of halogens is 2. The van der Waals surface area contributed by atoms with Gasteiger partial charge < -0.3 is 5.32 Å². The Morgan fingerprint density at radius 3 is 2.56 bits per heavy atom. The number of nitro benzene ring substituents is 1. The fraction of sp³-hybridized carbons (Fsp3) is 0.500. The zero-order chi connectivity index (χ0) is 13.3. The van der Waals surface area contributed by atoms with Crippen LogP contribution in [0.1, 0.15) is 26.2 Å². The number of hydrogen-bond donors (Lipinski definition) is 1. The lowest BCUT2D eigenvalue weighted by atomic mass is 10.1. The molecule has 0 radical (unpaired) electrons. The normalized spacial score (nSPS) is 23.1. The van der Waals surface area contributed by atoms with Gasteiger partial charge in [0, 0.05) is 12.1 Å². The summed E-state index contributed by atoms with van der Waals surface area (Å²) in [6.45, 7) is 2.15. The van der Waals surface area contributed by atoms with Gasteiger partial charge in [0.1, 0.15) is 5.69 Å². The van der Waals surface area contributed by atoms with Crippen molar-refractivity contribution in [2.45, 2.75) is 32.2 Å². The standard InChI is InChI=1S/C12H14Cl2N2O2/c1-7-3-2-4-10(7)15-11-5-8(13)9(14)6-12(11)16(17)18/h5-7,10,15H,2-4H2,1H3. The first-order valence-electron chi connectivity index (χ1n) is 5.89. The lowest BCUT2D eigenvalue weighted by molar-refractivity contribution is -0.384. The van der Waals surface area contributed by atoms with E-state index in [4.69, 9.17) is 23.2 Å². The second-order valence-corrected chi connectivity index (χ2v) is 5.51. The van der Waals surface area contributed by atoms with Gasteiger partial charge in [0.05, 0.1) is 15.0 Å². The van der Waals surface area contributed by atoms with Gasteiger partial charge >= 0.3 is 0 Å². The molecule has 1 saturated carbocycles. The molecule has 1 fully saturated rings. The molecule has 98 valence electrons. The largest absolute Gasteiger partial charge is 0.376 e. The molecule has 18 heavy (non-hydrogen) atoms. The van der Waals surface area contributed by atoms with Crippen LogP contribution in [0.3, 0.4) is 0 Å². The van der Waals surface area contributed by atoms with E-state index in [0.29, 0.717) is 16.6 Å². The summed E-state index contributed by atoms with van der Waals surface area (Å²) in [5.41, 5.74) is 0.427. The summed E-state index contributed by atoms with van der Waals surface area (Å²) < 4.78 is 0. The van der Waals surface area contributed by atoms with E-state index in [0.717, 1.165) is 19.3 Å². The molecular formula is C12H14Cl2N2O2. The molecule has 1 N–H and O–H groups in total. The fourth-order valence-corrected chi connectivity index (χ4v) is 2.68. The average molecular weight is 289 g/mol. The van der Waals surface area contributed by atoms with Gasteiger partial charge in [-0.25, -0.2) is 0 Å². The summed E-state index contributed by atoms with van der Waals surface area (Å²) in [5.74, 6) is 0.513. The Hall–Kier alpha value is -1.00. The van der Waals surface area contributed by atoms with Crippen molar-refractivity contribution in [3.05, 3.63) is 32.3 Å². The van der Waals surface area contributed by atoms with E-state index in [1.54, 1.807) is 0 Å². The third-order valence-corrected chi connectivity index (χ3v) is 4.16. The molecule has 0 heterocycles. The predicted molar refractivity (Wildman–Crippen MR) is 73.5 cm³/mol. The smallest absolute Gasteiger partial charge is 0.293 e. The van der Waals surface area contributed by atoms with Gasteiger partial charge in [-0.2, -0.15) is 0 Å². The molecule has 1 aliphatic rings. The third kappa shape index (κ3) is 2.70. The number of nitrogens with one attached hydrogen (secondary N) is 1. The van der Waals surface area contributed by atoms with Crippen LogP contribution >= 0.6 is 23.2 Å². The molecule has 0 aliphatic heterocycles. The Morgan fingerprint density at radius 1 is 1.33 bits per heavy atom. The molecular weight excluding hydrogens is 275 g/mol. The highest BCUT2D eigenvalue weighted by Crippen LogP contribution is 2.36. The summed E-state index contributed by atoms with van der Waals surface area (Å²) >= 11 is 11.7. The minimum atomic E-state index is -0.440. The minimum absolute atomic E-state index is 0.0245. The first kappa shape index (κ1) is 13.4. The van der Waals surface area contributed by atoms with Crippen LogP contribution in [0.15, 0.2) is 12.1 Å². The first-order valence-corrected chi connectivity index (χ1v) is 6.64. The Balaban J connectivity index is 2.30. The second-order valence-electron chi connectivity index (χ2n) is 4.70. The third-order valence-electron chi connectivity index (χ3n) is 3.44. The van der Waals surface area contributed by atoms with Crippen molar-refractivity contribution in [1.29, 1.82) is 0 Å². The Kier molecular flexibility index (Phi) is 3.97. The number of benzene rings is 1. The van der Waals surface area contributed by atoms with Gasteiger partial charge in [-0.3, -0.25) is 10.1 Å². The summed E-state index contributed by atoms with van der Waals surface area (Å²) in [4.78, 5) is 10.6. The second kappa shape index (κ2) is 5.33. The van der Waals surface area contributed by atoms with E-state index in [1.165, 1.54) is 12.1 Å². The van der Waals surface area contributed by atoms with Crippen LogP contribution in [0, 0.1) is 16.0 Å². The van der Waals surface area contributed by atoms with Crippen LogP contribution in [0.2, 0.25) is 10.0 Å². The van der Waals surface area contributed by atoms with Crippen molar-refractivity contribution in [2.24, 2.45) is 5.92 Å². The Bertz CT molecular complexity index is 479. The molecule has 6 heteroatoms. The molecule has 0 spiro atoms. The van der Waals surface area contributed by atoms with Gasteiger partial charge in [0.2, 0.25) is 0 Å². The van der Waals surface area contributed by atoms with Crippen molar-refractivity contribution >= 4 is 34.6 Å². The van der Waals surface area contributed by atoms with Crippen LogP contribution < -0.4 is 5.32 Å². The molecule has 0 aromatic heterocycles. The number of nitro groups is 1. The van der Waals surface area contributed by atoms with E-state index < -0.39 is 4.92 Å². The van der Waals surface area contributed by atoms with E-state index in [1.807, 2.05) is 0 Å². The van der Waals surface area contributed by atoms with Gasteiger partial charge in [0.15, 0.2) is 0 Å². The molecule has 1 aliphatic carbocycles. The SMILES string of the molecule is CC1CCCC1Nc1cc(Cl)c(Cl)cc1[N+](=O)[O-]. The van der Waals surface area contributed by atoms with Crippen molar-refractivity contribution in [3.8, 4) is 0 Å². The van der Waals surface area contributed by atoms with E-state index >= 15 is 0 Å². The summed E-state index contributed by atoms with van der Waals surface area (Å²) in [6, 6.07) is 3.10. The molecule has 0 amide bonds. The van der Waals surface area contributed by atoms with Gasteiger partial charge in [-0.15, -0.1) is 0 Å². The Labute approximate surface area is 115 Å². The highest BCUT2D eigenvalue weighted by molar-refractivity contribution is 6.42. The molecule has 2 rings (SSSR count). The quantitative estimate of drug-likeness (QED) is 0.658. The van der Waals surface area contributed by atoms with Crippen LogP contribution in [0.5, 0.6) is 0 Å². The first-order chi connectivity index (χ1) is 8.49. The maximum Gasteiger partial charge on any atom is 0.293 e. The van der Waals surface area contributed by atoms with E-state index in [2.05, 4.69) is 12.2 Å². The Morgan fingerprint density at radius 2 is 2.00 bits per heavy atom. The summed E-state index contributed by atoms with van der Waals surface area (Å²) in [5, 5.41) is 14.8. The molecule has 4 nitrogen and oxygen atoms in total. The van der Waals surface area contributed by atoms with Crippen LogP contribution in [-0.4, -0.2) is 11.0 Å². The fourth-order valence-electron chi connectivity index (χ4n) is 2.36. The maximum absolute atomic E-state index is 11.0. The number of hydrogen-bond acceptors (Lipinski definition) is 3. The van der Waals surface area contributed by atoms with Crippen LogP contribution in [0.4, 0.5) is 11.4 Å². The monoisotopic (exact) mass is 288 g/mol. The van der Waals surface area contributed by atoms with Crippen molar-refractivity contribution in [3.63, 3.8) is 0 Å². The zero-order valence-electron chi connectivity index (χ0n) is 9.95. The molecule has 2 unspecified atom stereocenters. The van der Waals surface area contributed by atoms with Gasteiger partial charge in [0.25, 0.3) is 5.69 Å². The zero-order valence-corrected chi connectivity index (χ0v) is 11.5. The highest BCUT2D eigenvalue weighted by Gasteiger charge is 2.26. The molecule has 0 saturated heterocycles. The van der Waals surface area contributed by atoms with Crippen molar-refractivity contribution in [1.82, 2.24) is 0 Å². The number of anilines is 1. The van der Waals surface area contributed by atoms with Gasteiger partial charge in [-0.1, -0.05) is 36.5 Å². The summed E-state index contributed by atoms with van der Waals surface area (Å²) in [7, 11) is 0. The maximum atomic E-state index is 11.0. The van der Waals surface area contributed by atoms with Crippen LogP contribution in [0.25, 0.3) is 0 Å². The molecule has 0 bridgehead atoms. The minimum Gasteiger partial charge on any atom is -0.376 e. The average Bonchev–Trinajstić information content (AvgIpc) is 2.69. The highest BCUT2D eigenvalue weighted by atomic mass is 35.5. The number of nitrogens with zero attached hydrogens (tertiary/aromatic N) is 1. The van der Waals surface area contributed by atoms with Crippen molar-refractivity contribution in [2.75, 3.05) is 5.32 Å². The van der Waals surface area contributed by atoms with E-state index in [9.17, 15) is 10.1 Å². The lowest BCUT2D eigenvalue weighted by Gasteiger charge is -2.18. The molecule has 2 atom stereocenters. The topological polar surface area (TPSA) is 55.2 Å². The van der Waals surface area contributed by atoms with E-state index in [-0.39, 0.29) is 16.8 Å².